The minimum Gasteiger partial charge on any atom is -0.494 e. The van der Waals surface area contributed by atoms with Crippen LogP contribution in [0.5, 0.6) is 5.75 Å². The van der Waals surface area contributed by atoms with Gasteiger partial charge < -0.3 is 15.4 Å². The summed E-state index contributed by atoms with van der Waals surface area (Å²) in [6.07, 6.45) is 0.182. The summed E-state index contributed by atoms with van der Waals surface area (Å²) in [5.41, 5.74) is 0.888. The number of para-hydroxylation sites is 1. The number of carbonyl (C=O) groups excluding carboxylic acids is 2. The number of benzene rings is 3. The fourth-order valence-electron chi connectivity index (χ4n) is 4.17. The molecule has 2 amide bonds. The van der Waals surface area contributed by atoms with E-state index in [0.717, 1.165) is 10.1 Å². The van der Waals surface area contributed by atoms with Crippen molar-refractivity contribution >= 4 is 28.4 Å². The van der Waals surface area contributed by atoms with E-state index in [1.54, 1.807) is 72.8 Å². The number of hydrogen-bond donors (Lipinski definition) is 2. The van der Waals surface area contributed by atoms with Crippen LogP contribution in [0.25, 0.3) is 16.6 Å². The zero-order valence-corrected chi connectivity index (χ0v) is 21.6. The molecule has 0 aliphatic carbocycles. The molecule has 0 radical (unpaired) electrons. The van der Waals surface area contributed by atoms with Crippen molar-refractivity contribution in [1.82, 2.24) is 14.5 Å². The standard InChI is InChI=1S/C29H30N4O5/c1-4-38-23-15-11-21(12-16-23)31-27(35)18-32-25-8-6-5-7-24(25)28(36)33(29(32)37)22-13-9-20(10-14-22)17-26(34)30-19(2)3/h5-16,19H,4,17-18H2,1-3H3,(H,30,34)(H,31,35). The van der Waals surface area contributed by atoms with Crippen molar-refractivity contribution in [3.63, 3.8) is 0 Å². The fourth-order valence-corrected chi connectivity index (χ4v) is 4.17. The van der Waals surface area contributed by atoms with Gasteiger partial charge in [-0.2, -0.15) is 0 Å². The zero-order chi connectivity index (χ0) is 27.2. The lowest BCUT2D eigenvalue weighted by Gasteiger charge is -2.15. The van der Waals surface area contributed by atoms with Gasteiger partial charge >= 0.3 is 5.69 Å². The van der Waals surface area contributed by atoms with E-state index in [2.05, 4.69) is 10.6 Å². The lowest BCUT2D eigenvalue weighted by Crippen LogP contribution is -2.40. The summed E-state index contributed by atoms with van der Waals surface area (Å²) >= 11 is 0. The number of hydrogen-bond acceptors (Lipinski definition) is 5. The molecular weight excluding hydrogens is 484 g/mol. The molecular formula is C29H30N4O5. The van der Waals surface area contributed by atoms with Gasteiger partial charge in [-0.1, -0.05) is 24.3 Å². The molecule has 4 rings (SSSR count). The van der Waals surface area contributed by atoms with Gasteiger partial charge in [-0.15, -0.1) is 0 Å². The molecule has 0 fully saturated rings. The highest BCUT2D eigenvalue weighted by Gasteiger charge is 2.17. The van der Waals surface area contributed by atoms with E-state index >= 15 is 0 Å². The summed E-state index contributed by atoms with van der Waals surface area (Å²) in [5, 5.41) is 5.93. The first-order valence-corrected chi connectivity index (χ1v) is 12.4. The first kappa shape index (κ1) is 26.4. The topological polar surface area (TPSA) is 111 Å². The molecule has 0 saturated carbocycles. The van der Waals surface area contributed by atoms with E-state index in [1.165, 1.54) is 4.57 Å². The molecule has 3 aromatic carbocycles. The molecule has 0 aliphatic heterocycles. The van der Waals surface area contributed by atoms with Gasteiger partial charge in [-0.25, -0.2) is 9.36 Å². The van der Waals surface area contributed by atoms with Crippen molar-refractivity contribution in [2.45, 2.75) is 39.8 Å². The summed E-state index contributed by atoms with van der Waals surface area (Å²) in [5.74, 6) is 0.154. The van der Waals surface area contributed by atoms with Gasteiger partial charge in [-0.05, 0) is 74.9 Å². The minimum atomic E-state index is -0.638. The molecule has 4 aromatic rings. The number of carbonyl (C=O) groups is 2. The smallest absolute Gasteiger partial charge is 0.336 e. The SMILES string of the molecule is CCOc1ccc(NC(=O)Cn2c(=O)n(-c3ccc(CC(=O)NC(C)C)cc3)c(=O)c3ccccc32)cc1. The average molecular weight is 515 g/mol. The van der Waals surface area contributed by atoms with E-state index < -0.39 is 17.2 Å². The van der Waals surface area contributed by atoms with Gasteiger partial charge in [0, 0.05) is 11.7 Å². The van der Waals surface area contributed by atoms with E-state index in [9.17, 15) is 19.2 Å². The minimum absolute atomic E-state index is 0.0306. The van der Waals surface area contributed by atoms with Crippen molar-refractivity contribution < 1.29 is 14.3 Å². The van der Waals surface area contributed by atoms with Crippen LogP contribution in [-0.2, 0) is 22.6 Å². The van der Waals surface area contributed by atoms with Crippen LogP contribution in [-0.4, -0.2) is 33.6 Å². The average Bonchev–Trinajstić information content (AvgIpc) is 2.88. The van der Waals surface area contributed by atoms with Crippen LogP contribution in [0, 0.1) is 0 Å². The maximum Gasteiger partial charge on any atom is 0.336 e. The number of fused-ring (bicyclic) bond motifs is 1. The molecule has 0 bridgehead atoms. The molecule has 9 heteroatoms. The Kier molecular flexibility index (Phi) is 8.06. The lowest BCUT2D eigenvalue weighted by atomic mass is 10.1. The monoisotopic (exact) mass is 514 g/mol. The fraction of sp³-hybridized carbons (Fsp3) is 0.241. The van der Waals surface area contributed by atoms with Crippen molar-refractivity contribution in [1.29, 1.82) is 0 Å². The summed E-state index contributed by atoms with van der Waals surface area (Å²) < 4.78 is 7.75. The highest BCUT2D eigenvalue weighted by molar-refractivity contribution is 5.91. The Morgan fingerprint density at radius 1 is 0.895 bits per heavy atom. The molecule has 0 atom stereocenters. The number of ether oxygens (including phenoxy) is 1. The molecule has 196 valence electrons. The lowest BCUT2D eigenvalue weighted by molar-refractivity contribution is -0.121. The number of rotatable bonds is 9. The Hall–Kier alpha value is -4.66. The summed E-state index contributed by atoms with van der Waals surface area (Å²) in [7, 11) is 0. The van der Waals surface area contributed by atoms with E-state index in [0.29, 0.717) is 34.6 Å². The van der Waals surface area contributed by atoms with Crippen LogP contribution in [0.15, 0.2) is 82.4 Å². The third kappa shape index (κ3) is 6.00. The molecule has 1 heterocycles. The summed E-state index contributed by atoms with van der Waals surface area (Å²) in [6, 6.07) is 20.3. The highest BCUT2D eigenvalue weighted by atomic mass is 16.5. The van der Waals surface area contributed by atoms with Gasteiger partial charge in [0.15, 0.2) is 0 Å². The van der Waals surface area contributed by atoms with Crippen molar-refractivity contribution in [2.24, 2.45) is 0 Å². The maximum absolute atomic E-state index is 13.6. The third-order valence-corrected chi connectivity index (χ3v) is 5.81. The number of aromatic nitrogens is 2. The van der Waals surface area contributed by atoms with Crippen LogP contribution in [0.1, 0.15) is 26.3 Å². The Bertz CT molecular complexity index is 1570. The van der Waals surface area contributed by atoms with Crippen LogP contribution in [0.3, 0.4) is 0 Å². The quantitative estimate of drug-likeness (QED) is 0.356. The molecule has 38 heavy (non-hydrogen) atoms. The molecule has 0 saturated heterocycles. The maximum atomic E-state index is 13.6. The predicted molar refractivity (Wildman–Crippen MR) is 147 cm³/mol. The molecule has 2 N–H and O–H groups in total. The Labute approximate surface area is 219 Å². The van der Waals surface area contributed by atoms with Gasteiger partial charge in [0.05, 0.1) is 29.6 Å². The second-order valence-corrected chi connectivity index (χ2v) is 9.10. The van der Waals surface area contributed by atoms with Crippen LogP contribution in [0.4, 0.5) is 5.69 Å². The Balaban J connectivity index is 1.65. The summed E-state index contributed by atoms with van der Waals surface area (Å²) in [4.78, 5) is 51.9. The van der Waals surface area contributed by atoms with Crippen molar-refractivity contribution in [2.75, 3.05) is 11.9 Å². The van der Waals surface area contributed by atoms with Crippen LogP contribution < -0.4 is 26.6 Å². The van der Waals surface area contributed by atoms with Gasteiger partial charge in [0.2, 0.25) is 11.8 Å². The molecule has 0 spiro atoms. The summed E-state index contributed by atoms with van der Waals surface area (Å²) in [6.45, 7) is 5.90. The molecule has 9 nitrogen and oxygen atoms in total. The Morgan fingerprint density at radius 2 is 1.58 bits per heavy atom. The molecule has 0 aliphatic rings. The zero-order valence-electron chi connectivity index (χ0n) is 21.6. The van der Waals surface area contributed by atoms with Gasteiger partial charge in [0.25, 0.3) is 5.56 Å². The normalized spacial score (nSPS) is 10.9. The van der Waals surface area contributed by atoms with E-state index in [-0.39, 0.29) is 24.9 Å². The van der Waals surface area contributed by atoms with Gasteiger partial charge in [0.1, 0.15) is 12.3 Å². The molecule has 0 unspecified atom stereocenters. The highest BCUT2D eigenvalue weighted by Crippen LogP contribution is 2.16. The van der Waals surface area contributed by atoms with Gasteiger partial charge in [-0.3, -0.25) is 19.0 Å². The van der Waals surface area contributed by atoms with E-state index in [1.807, 2.05) is 20.8 Å². The number of anilines is 1. The number of amides is 2. The first-order valence-electron chi connectivity index (χ1n) is 12.4. The third-order valence-electron chi connectivity index (χ3n) is 5.81. The predicted octanol–water partition coefficient (Wildman–Crippen LogP) is 3.26. The van der Waals surface area contributed by atoms with Crippen LogP contribution >= 0.6 is 0 Å². The number of nitrogens with zero attached hydrogens (tertiary/aromatic N) is 2. The number of nitrogens with one attached hydrogen (secondary N) is 2. The van der Waals surface area contributed by atoms with E-state index in [4.69, 9.17) is 4.74 Å². The Morgan fingerprint density at radius 3 is 2.24 bits per heavy atom. The van der Waals surface area contributed by atoms with Crippen LogP contribution in [0.2, 0.25) is 0 Å². The first-order chi connectivity index (χ1) is 18.3. The van der Waals surface area contributed by atoms with Crippen molar-refractivity contribution in [3.8, 4) is 11.4 Å². The molecule has 1 aromatic heterocycles. The van der Waals surface area contributed by atoms with Crippen molar-refractivity contribution in [3.05, 3.63) is 99.2 Å². The second kappa shape index (κ2) is 11.6. The largest absolute Gasteiger partial charge is 0.494 e. The second-order valence-electron chi connectivity index (χ2n) is 9.10.